The average molecular weight is 298 g/mol. The van der Waals surface area contributed by atoms with Crippen molar-refractivity contribution in [3.63, 3.8) is 0 Å². The van der Waals surface area contributed by atoms with Crippen LogP contribution in [0, 0.1) is 5.92 Å². The van der Waals surface area contributed by atoms with Crippen LogP contribution < -0.4 is 4.74 Å². The Morgan fingerprint density at radius 2 is 2.00 bits per heavy atom. The number of sulfone groups is 1. The van der Waals surface area contributed by atoms with Crippen molar-refractivity contribution in [3.05, 3.63) is 23.8 Å². The molecule has 0 aliphatic heterocycles. The Hall–Kier alpha value is -1.56. The second-order valence-corrected chi connectivity index (χ2v) is 7.11. The summed E-state index contributed by atoms with van der Waals surface area (Å²) < 4.78 is 30.0. The van der Waals surface area contributed by atoms with Gasteiger partial charge in [-0.3, -0.25) is 0 Å². The summed E-state index contributed by atoms with van der Waals surface area (Å²) in [6, 6.07) is 3.92. The number of methoxy groups -OCH3 is 1. The normalized spacial score (nSPS) is 16.2. The van der Waals surface area contributed by atoms with Crippen LogP contribution >= 0.6 is 0 Å². The number of ether oxygens (including phenoxy) is 1. The van der Waals surface area contributed by atoms with Crippen molar-refractivity contribution < 1.29 is 23.1 Å². The largest absolute Gasteiger partial charge is 0.495 e. The predicted molar refractivity (Wildman–Crippen MR) is 74.0 cm³/mol. The molecule has 0 unspecified atom stereocenters. The summed E-state index contributed by atoms with van der Waals surface area (Å²) in [6.45, 7) is 0. The molecule has 0 radical (unpaired) electrons. The quantitative estimate of drug-likeness (QED) is 0.902. The van der Waals surface area contributed by atoms with Gasteiger partial charge in [0.1, 0.15) is 10.6 Å². The van der Waals surface area contributed by atoms with Gasteiger partial charge in [0.05, 0.1) is 18.4 Å². The molecular formula is C14H18O5S. The summed E-state index contributed by atoms with van der Waals surface area (Å²) in [5, 5.41) is 8.99. The van der Waals surface area contributed by atoms with E-state index in [1.165, 1.54) is 25.3 Å². The molecule has 0 amide bonds. The van der Waals surface area contributed by atoms with Crippen LogP contribution in [-0.2, 0) is 9.84 Å². The summed E-state index contributed by atoms with van der Waals surface area (Å²) in [5.41, 5.74) is -0.0456. The lowest BCUT2D eigenvalue weighted by atomic mass is 10.1. The van der Waals surface area contributed by atoms with E-state index in [9.17, 15) is 13.2 Å². The molecule has 0 bridgehead atoms. The number of carboxylic acid groups (broad SMARTS) is 1. The van der Waals surface area contributed by atoms with E-state index < -0.39 is 15.8 Å². The van der Waals surface area contributed by atoms with Gasteiger partial charge in [0.15, 0.2) is 9.84 Å². The van der Waals surface area contributed by atoms with E-state index in [0.29, 0.717) is 0 Å². The predicted octanol–water partition coefficient (Wildman–Crippen LogP) is 2.36. The first-order valence-electron chi connectivity index (χ1n) is 6.58. The van der Waals surface area contributed by atoms with E-state index in [1.54, 1.807) is 0 Å². The molecule has 1 aliphatic rings. The molecule has 0 heterocycles. The van der Waals surface area contributed by atoms with Gasteiger partial charge in [-0.1, -0.05) is 12.8 Å². The molecule has 0 aromatic heterocycles. The molecule has 1 saturated carbocycles. The van der Waals surface area contributed by atoms with Crippen molar-refractivity contribution in [2.75, 3.05) is 12.9 Å². The molecule has 0 saturated heterocycles. The zero-order valence-electron chi connectivity index (χ0n) is 11.3. The highest BCUT2D eigenvalue weighted by Gasteiger charge is 2.27. The van der Waals surface area contributed by atoms with Gasteiger partial charge in [0.2, 0.25) is 0 Å². The number of hydrogen-bond acceptors (Lipinski definition) is 4. The van der Waals surface area contributed by atoms with Crippen LogP contribution in [0.25, 0.3) is 0 Å². The molecule has 1 aromatic carbocycles. The number of aromatic carboxylic acids is 1. The zero-order chi connectivity index (χ0) is 14.8. The fourth-order valence-electron chi connectivity index (χ4n) is 2.63. The van der Waals surface area contributed by atoms with E-state index in [1.807, 2.05) is 0 Å². The van der Waals surface area contributed by atoms with Gasteiger partial charge in [-0.25, -0.2) is 13.2 Å². The molecule has 6 heteroatoms. The average Bonchev–Trinajstić information content (AvgIpc) is 2.90. The van der Waals surface area contributed by atoms with Gasteiger partial charge in [0, 0.05) is 0 Å². The molecule has 1 aliphatic carbocycles. The lowest BCUT2D eigenvalue weighted by Crippen LogP contribution is -2.15. The summed E-state index contributed by atoms with van der Waals surface area (Å²) >= 11 is 0. The van der Waals surface area contributed by atoms with Crippen LogP contribution in [-0.4, -0.2) is 32.4 Å². The Morgan fingerprint density at radius 1 is 1.35 bits per heavy atom. The van der Waals surface area contributed by atoms with E-state index in [2.05, 4.69) is 0 Å². The van der Waals surface area contributed by atoms with Crippen molar-refractivity contribution in [2.45, 2.75) is 30.6 Å². The van der Waals surface area contributed by atoms with Crippen LogP contribution in [0.4, 0.5) is 0 Å². The summed E-state index contributed by atoms with van der Waals surface area (Å²) in [4.78, 5) is 11.0. The van der Waals surface area contributed by atoms with Gasteiger partial charge in [-0.15, -0.1) is 0 Å². The molecule has 20 heavy (non-hydrogen) atoms. The second kappa shape index (κ2) is 5.83. The maximum atomic E-state index is 12.5. The maximum absolute atomic E-state index is 12.5. The van der Waals surface area contributed by atoms with Crippen LogP contribution in [0.2, 0.25) is 0 Å². The fourth-order valence-corrected chi connectivity index (χ4v) is 4.53. The van der Waals surface area contributed by atoms with Crippen molar-refractivity contribution in [1.29, 1.82) is 0 Å². The fraction of sp³-hybridized carbons (Fsp3) is 0.500. The van der Waals surface area contributed by atoms with E-state index in [0.717, 1.165) is 25.7 Å². The standard InChI is InChI=1S/C14H18O5S/c1-19-12-7-6-11(14(15)16)8-13(12)20(17,18)9-10-4-2-3-5-10/h6-8,10H,2-5,9H2,1H3,(H,15,16). The molecular weight excluding hydrogens is 280 g/mol. The Bertz CT molecular complexity index is 600. The minimum Gasteiger partial charge on any atom is -0.495 e. The summed E-state index contributed by atoms with van der Waals surface area (Å²) in [7, 11) is -2.15. The van der Waals surface area contributed by atoms with E-state index >= 15 is 0 Å². The number of carbonyl (C=O) groups is 1. The first-order valence-corrected chi connectivity index (χ1v) is 8.23. The van der Waals surface area contributed by atoms with Crippen LogP contribution in [0.5, 0.6) is 5.75 Å². The van der Waals surface area contributed by atoms with E-state index in [-0.39, 0.29) is 27.9 Å². The molecule has 1 aromatic rings. The first-order chi connectivity index (χ1) is 9.44. The van der Waals surface area contributed by atoms with Crippen LogP contribution in [0.15, 0.2) is 23.1 Å². The Balaban J connectivity index is 2.37. The third-order valence-corrected chi connectivity index (χ3v) is 5.57. The topological polar surface area (TPSA) is 80.7 Å². The lowest BCUT2D eigenvalue weighted by Gasteiger charge is -2.13. The van der Waals surface area contributed by atoms with Gasteiger partial charge in [-0.05, 0) is 37.0 Å². The van der Waals surface area contributed by atoms with Gasteiger partial charge >= 0.3 is 5.97 Å². The third-order valence-electron chi connectivity index (χ3n) is 3.68. The highest BCUT2D eigenvalue weighted by atomic mass is 32.2. The zero-order valence-corrected chi connectivity index (χ0v) is 12.1. The van der Waals surface area contributed by atoms with Crippen LogP contribution in [0.1, 0.15) is 36.0 Å². The van der Waals surface area contributed by atoms with Crippen LogP contribution in [0.3, 0.4) is 0 Å². The Labute approximate surface area is 118 Å². The Morgan fingerprint density at radius 3 is 2.55 bits per heavy atom. The highest BCUT2D eigenvalue weighted by Crippen LogP contribution is 2.31. The number of benzene rings is 1. The second-order valence-electron chi connectivity index (χ2n) is 5.10. The van der Waals surface area contributed by atoms with Crippen molar-refractivity contribution in [2.24, 2.45) is 5.92 Å². The highest BCUT2D eigenvalue weighted by molar-refractivity contribution is 7.91. The summed E-state index contributed by atoms with van der Waals surface area (Å²) in [5.74, 6) is -0.719. The van der Waals surface area contributed by atoms with Crippen molar-refractivity contribution in [3.8, 4) is 5.75 Å². The molecule has 5 nitrogen and oxygen atoms in total. The van der Waals surface area contributed by atoms with E-state index in [4.69, 9.17) is 9.84 Å². The Kier molecular flexibility index (Phi) is 4.32. The number of carboxylic acids is 1. The molecule has 2 rings (SSSR count). The number of rotatable bonds is 5. The van der Waals surface area contributed by atoms with Gasteiger partial charge in [0.25, 0.3) is 0 Å². The molecule has 1 fully saturated rings. The minimum absolute atomic E-state index is 0.0215. The molecule has 0 atom stereocenters. The van der Waals surface area contributed by atoms with Crippen molar-refractivity contribution in [1.82, 2.24) is 0 Å². The maximum Gasteiger partial charge on any atom is 0.335 e. The smallest absolute Gasteiger partial charge is 0.335 e. The first kappa shape index (κ1) is 14.8. The molecule has 0 spiro atoms. The molecule has 110 valence electrons. The lowest BCUT2D eigenvalue weighted by molar-refractivity contribution is 0.0696. The SMILES string of the molecule is COc1ccc(C(=O)O)cc1S(=O)(=O)CC1CCCC1. The third kappa shape index (κ3) is 3.12. The summed E-state index contributed by atoms with van der Waals surface area (Å²) in [6.07, 6.45) is 3.96. The van der Waals surface area contributed by atoms with Gasteiger partial charge < -0.3 is 9.84 Å². The monoisotopic (exact) mass is 298 g/mol. The van der Waals surface area contributed by atoms with Gasteiger partial charge in [-0.2, -0.15) is 0 Å². The number of hydrogen-bond donors (Lipinski definition) is 1. The molecule has 1 N–H and O–H groups in total. The van der Waals surface area contributed by atoms with Crippen molar-refractivity contribution >= 4 is 15.8 Å². The minimum atomic E-state index is -3.53.